The summed E-state index contributed by atoms with van der Waals surface area (Å²) in [5.41, 5.74) is 0.965. The minimum Gasteiger partial charge on any atom is -0.497 e. The lowest BCUT2D eigenvalue weighted by Crippen LogP contribution is -2.46. The number of benzene rings is 2. The number of hydrogen-bond donors (Lipinski definition) is 1. The van der Waals surface area contributed by atoms with Gasteiger partial charge >= 0.3 is 0 Å². The van der Waals surface area contributed by atoms with Crippen LogP contribution >= 0.6 is 0 Å². The number of anilines is 2. The third-order valence-corrected chi connectivity index (χ3v) is 5.27. The van der Waals surface area contributed by atoms with Gasteiger partial charge in [0.15, 0.2) is 0 Å². The third kappa shape index (κ3) is 5.39. The molecule has 7 nitrogen and oxygen atoms in total. The molecule has 0 fully saturated rings. The molecule has 1 atom stereocenters. The van der Waals surface area contributed by atoms with Gasteiger partial charge < -0.3 is 14.8 Å². The molecule has 1 N–H and O–H groups in total. The standard InChI is InChI=1S/C20H26N2O5S/c1-5-19(20(23)21-15-7-11-18(12-8-15)27-6-2)22(28(4,24)25)16-9-13-17(26-3)14-10-16/h7-14,19H,5-6H2,1-4H3,(H,21,23)/t19-/m0/s1. The van der Waals surface area contributed by atoms with Crippen molar-refractivity contribution in [3.8, 4) is 11.5 Å². The van der Waals surface area contributed by atoms with Gasteiger partial charge in [0.25, 0.3) is 0 Å². The van der Waals surface area contributed by atoms with Crippen LogP contribution in [0.1, 0.15) is 20.3 Å². The molecule has 0 unspecified atom stereocenters. The Kier molecular flexibility index (Phi) is 7.28. The zero-order chi connectivity index (χ0) is 20.7. The van der Waals surface area contributed by atoms with Crippen molar-refractivity contribution in [3.63, 3.8) is 0 Å². The number of amides is 1. The fraction of sp³-hybridized carbons (Fsp3) is 0.350. The Bertz CT molecular complexity index is 880. The maximum Gasteiger partial charge on any atom is 0.248 e. The van der Waals surface area contributed by atoms with Crippen LogP contribution in [0.2, 0.25) is 0 Å². The Balaban J connectivity index is 2.27. The summed E-state index contributed by atoms with van der Waals surface area (Å²) in [5, 5.41) is 2.78. The molecule has 0 aliphatic rings. The predicted molar refractivity (Wildman–Crippen MR) is 111 cm³/mol. The van der Waals surface area contributed by atoms with Crippen molar-refractivity contribution < 1.29 is 22.7 Å². The molecule has 0 radical (unpaired) electrons. The minimum atomic E-state index is -3.69. The third-order valence-electron chi connectivity index (χ3n) is 4.09. The Morgan fingerprint density at radius 3 is 2.07 bits per heavy atom. The molecular formula is C20H26N2O5S. The number of carbonyl (C=O) groups is 1. The van der Waals surface area contributed by atoms with Gasteiger partial charge in [0, 0.05) is 5.69 Å². The average molecular weight is 407 g/mol. The van der Waals surface area contributed by atoms with Gasteiger partial charge in [-0.05, 0) is 61.9 Å². The van der Waals surface area contributed by atoms with Gasteiger partial charge in [-0.25, -0.2) is 8.42 Å². The molecular weight excluding hydrogens is 380 g/mol. The normalized spacial score (nSPS) is 12.1. The van der Waals surface area contributed by atoms with Crippen LogP contribution < -0.4 is 19.1 Å². The molecule has 0 heterocycles. The van der Waals surface area contributed by atoms with Crippen molar-refractivity contribution in [3.05, 3.63) is 48.5 Å². The zero-order valence-corrected chi connectivity index (χ0v) is 17.3. The van der Waals surface area contributed by atoms with Crippen LogP contribution in [-0.2, 0) is 14.8 Å². The van der Waals surface area contributed by atoms with E-state index in [0.717, 1.165) is 10.6 Å². The second-order valence-corrected chi connectivity index (χ2v) is 7.99. The summed E-state index contributed by atoms with van der Waals surface area (Å²) in [7, 11) is -2.16. The first-order valence-electron chi connectivity index (χ1n) is 8.97. The largest absolute Gasteiger partial charge is 0.497 e. The lowest BCUT2D eigenvalue weighted by atomic mass is 10.1. The topological polar surface area (TPSA) is 84.9 Å². The second kappa shape index (κ2) is 9.45. The molecule has 2 aromatic rings. The summed E-state index contributed by atoms with van der Waals surface area (Å²) in [5.74, 6) is 0.889. The maximum atomic E-state index is 12.9. The molecule has 0 aromatic heterocycles. The number of nitrogens with zero attached hydrogens (tertiary/aromatic N) is 1. The number of hydrogen-bond acceptors (Lipinski definition) is 5. The Hall–Kier alpha value is -2.74. The summed E-state index contributed by atoms with van der Waals surface area (Å²) >= 11 is 0. The van der Waals surface area contributed by atoms with Crippen LogP contribution in [0, 0.1) is 0 Å². The second-order valence-electron chi connectivity index (χ2n) is 6.13. The molecule has 0 saturated heterocycles. The van der Waals surface area contributed by atoms with Gasteiger partial charge in [-0.1, -0.05) is 6.92 Å². The molecule has 0 aliphatic heterocycles. The first kappa shape index (κ1) is 21.6. The number of methoxy groups -OCH3 is 1. The van der Waals surface area contributed by atoms with E-state index in [4.69, 9.17) is 9.47 Å². The first-order chi connectivity index (χ1) is 13.3. The monoisotopic (exact) mass is 406 g/mol. The van der Waals surface area contributed by atoms with Gasteiger partial charge in [0.05, 0.1) is 25.7 Å². The van der Waals surface area contributed by atoms with E-state index < -0.39 is 22.0 Å². The van der Waals surface area contributed by atoms with Crippen LogP contribution in [0.25, 0.3) is 0 Å². The fourth-order valence-corrected chi connectivity index (χ4v) is 4.03. The van der Waals surface area contributed by atoms with E-state index in [2.05, 4.69) is 5.32 Å². The highest BCUT2D eigenvalue weighted by Gasteiger charge is 2.31. The molecule has 2 aromatic carbocycles. The van der Waals surface area contributed by atoms with Gasteiger partial charge in [0.2, 0.25) is 15.9 Å². The highest BCUT2D eigenvalue weighted by atomic mass is 32.2. The summed E-state index contributed by atoms with van der Waals surface area (Å²) in [6.45, 7) is 4.21. The van der Waals surface area contributed by atoms with Crippen molar-refractivity contribution in [2.75, 3.05) is 29.6 Å². The van der Waals surface area contributed by atoms with Gasteiger partial charge in [-0.2, -0.15) is 0 Å². The number of nitrogens with one attached hydrogen (secondary N) is 1. The number of ether oxygens (including phenoxy) is 2. The Labute approximate surface area is 166 Å². The molecule has 152 valence electrons. The quantitative estimate of drug-likeness (QED) is 0.691. The van der Waals surface area contributed by atoms with E-state index in [1.807, 2.05) is 6.92 Å². The van der Waals surface area contributed by atoms with Crippen LogP contribution in [0.5, 0.6) is 11.5 Å². The molecule has 0 bridgehead atoms. The van der Waals surface area contributed by atoms with Gasteiger partial charge in [0.1, 0.15) is 17.5 Å². The van der Waals surface area contributed by atoms with Crippen LogP contribution in [-0.4, -0.2) is 40.3 Å². The van der Waals surface area contributed by atoms with Crippen molar-refractivity contribution in [1.82, 2.24) is 0 Å². The number of rotatable bonds is 9. The van der Waals surface area contributed by atoms with Crippen molar-refractivity contribution in [2.24, 2.45) is 0 Å². The molecule has 28 heavy (non-hydrogen) atoms. The van der Waals surface area contributed by atoms with Crippen LogP contribution in [0.3, 0.4) is 0 Å². The Morgan fingerprint density at radius 1 is 1.04 bits per heavy atom. The molecule has 1 amide bonds. The molecule has 0 aliphatic carbocycles. The first-order valence-corrected chi connectivity index (χ1v) is 10.8. The van der Waals surface area contributed by atoms with E-state index >= 15 is 0 Å². The summed E-state index contributed by atoms with van der Waals surface area (Å²) in [6, 6.07) is 12.6. The molecule has 8 heteroatoms. The lowest BCUT2D eigenvalue weighted by molar-refractivity contribution is -0.117. The molecule has 0 saturated carbocycles. The van der Waals surface area contributed by atoms with Crippen molar-refractivity contribution in [2.45, 2.75) is 26.3 Å². The average Bonchev–Trinajstić information content (AvgIpc) is 2.67. The summed E-state index contributed by atoms with van der Waals surface area (Å²) < 4.78 is 36.6. The SMILES string of the molecule is CCOc1ccc(NC(=O)[C@H](CC)N(c2ccc(OC)cc2)S(C)(=O)=O)cc1. The zero-order valence-electron chi connectivity index (χ0n) is 16.5. The van der Waals surface area contributed by atoms with E-state index in [9.17, 15) is 13.2 Å². The van der Waals surface area contributed by atoms with E-state index in [1.54, 1.807) is 55.5 Å². The Morgan fingerprint density at radius 2 is 1.61 bits per heavy atom. The lowest BCUT2D eigenvalue weighted by Gasteiger charge is -2.30. The van der Waals surface area contributed by atoms with Gasteiger partial charge in [-0.3, -0.25) is 9.10 Å². The van der Waals surface area contributed by atoms with E-state index in [1.165, 1.54) is 7.11 Å². The van der Waals surface area contributed by atoms with Crippen molar-refractivity contribution >= 4 is 27.3 Å². The van der Waals surface area contributed by atoms with Gasteiger partial charge in [-0.15, -0.1) is 0 Å². The molecule has 2 rings (SSSR count). The number of sulfonamides is 1. The minimum absolute atomic E-state index is 0.308. The molecule has 0 spiro atoms. The fourth-order valence-electron chi connectivity index (χ4n) is 2.82. The number of carbonyl (C=O) groups excluding carboxylic acids is 1. The summed E-state index contributed by atoms with van der Waals surface area (Å²) in [6.07, 6.45) is 1.39. The van der Waals surface area contributed by atoms with Crippen LogP contribution in [0.4, 0.5) is 11.4 Å². The van der Waals surface area contributed by atoms with E-state index in [0.29, 0.717) is 35.9 Å². The smallest absolute Gasteiger partial charge is 0.248 e. The maximum absolute atomic E-state index is 12.9. The van der Waals surface area contributed by atoms with Crippen LogP contribution in [0.15, 0.2) is 48.5 Å². The highest BCUT2D eigenvalue weighted by Crippen LogP contribution is 2.26. The van der Waals surface area contributed by atoms with E-state index in [-0.39, 0.29) is 0 Å². The highest BCUT2D eigenvalue weighted by molar-refractivity contribution is 7.92. The summed E-state index contributed by atoms with van der Waals surface area (Å²) in [4.78, 5) is 12.9. The predicted octanol–water partition coefficient (Wildman–Crippen LogP) is 3.28. The van der Waals surface area contributed by atoms with Crippen molar-refractivity contribution in [1.29, 1.82) is 0 Å².